The molecule has 0 aliphatic carbocycles. The number of para-hydroxylation sites is 1. The average Bonchev–Trinajstić information content (AvgIpc) is 2.77. The second kappa shape index (κ2) is 11.1. The van der Waals surface area contributed by atoms with Crippen molar-refractivity contribution in [3.05, 3.63) is 65.4 Å². The third kappa shape index (κ3) is 7.34. The van der Waals surface area contributed by atoms with Gasteiger partial charge < -0.3 is 24.8 Å². The molecule has 0 saturated carbocycles. The van der Waals surface area contributed by atoms with Gasteiger partial charge in [0.15, 0.2) is 0 Å². The van der Waals surface area contributed by atoms with Gasteiger partial charge in [-0.25, -0.2) is 9.59 Å². The van der Waals surface area contributed by atoms with E-state index < -0.39 is 18.0 Å². The largest absolute Gasteiger partial charge is 0.513 e. The summed E-state index contributed by atoms with van der Waals surface area (Å²) in [5.74, 6) is -0.592. The van der Waals surface area contributed by atoms with E-state index in [1.807, 2.05) is 47.6 Å². The molecule has 2 aromatic carbocycles. The fourth-order valence-electron chi connectivity index (χ4n) is 3.38. The lowest BCUT2D eigenvalue weighted by atomic mass is 9.79. The van der Waals surface area contributed by atoms with Crippen molar-refractivity contribution in [3.8, 4) is 5.75 Å². The Hall–Kier alpha value is -3.81. The van der Waals surface area contributed by atoms with Crippen LogP contribution in [-0.4, -0.2) is 32.3 Å². The molecule has 0 aliphatic heterocycles. The third-order valence-electron chi connectivity index (χ3n) is 5.16. The molecule has 35 heavy (non-hydrogen) atoms. The molecule has 0 saturated heterocycles. The van der Waals surface area contributed by atoms with E-state index >= 15 is 0 Å². The Morgan fingerprint density at radius 1 is 0.829 bits per heavy atom. The van der Waals surface area contributed by atoms with Crippen LogP contribution in [-0.2, 0) is 25.1 Å². The number of rotatable bonds is 6. The van der Waals surface area contributed by atoms with Crippen LogP contribution in [0.2, 0.25) is 0 Å². The quantitative estimate of drug-likeness (QED) is 0.306. The zero-order valence-electron chi connectivity index (χ0n) is 21.6. The van der Waals surface area contributed by atoms with E-state index in [1.165, 1.54) is 26.5 Å². The molecule has 0 aliphatic rings. The van der Waals surface area contributed by atoms with Crippen molar-refractivity contribution in [3.63, 3.8) is 0 Å². The van der Waals surface area contributed by atoms with Gasteiger partial charge in [0.2, 0.25) is 5.91 Å². The smallest absolute Gasteiger partial charge is 0.465 e. The summed E-state index contributed by atoms with van der Waals surface area (Å²) < 4.78 is 14.9. The normalized spacial score (nSPS) is 11.7. The summed E-state index contributed by atoms with van der Waals surface area (Å²) in [5.41, 5.74) is 2.40. The standard InChI is InChI=1S/C27H34N2O6/c1-26(2,3)18-15-19(27(4,5)6)22(35-25(32)34-8)16-21(18)29-23(30)13-14-28-20-12-10-9-11-17(20)24(31)33-7/h9-16,28H,1-8H3,(H,29,30)/b14-13+. The monoisotopic (exact) mass is 482 g/mol. The topological polar surface area (TPSA) is 103 Å². The number of hydrogen-bond acceptors (Lipinski definition) is 7. The predicted molar refractivity (Wildman–Crippen MR) is 136 cm³/mol. The number of carbonyl (C=O) groups excluding carboxylic acids is 3. The van der Waals surface area contributed by atoms with Crippen LogP contribution in [0.1, 0.15) is 63.0 Å². The third-order valence-corrected chi connectivity index (χ3v) is 5.16. The number of nitrogens with one attached hydrogen (secondary N) is 2. The number of esters is 1. The highest BCUT2D eigenvalue weighted by molar-refractivity contribution is 6.01. The van der Waals surface area contributed by atoms with E-state index in [-0.39, 0.29) is 10.8 Å². The SMILES string of the molecule is COC(=O)Oc1cc(NC(=O)/C=C/Nc2ccccc2C(=O)OC)c(C(C)(C)C)cc1C(C)(C)C. The van der Waals surface area contributed by atoms with Gasteiger partial charge in [-0.3, -0.25) is 4.79 Å². The van der Waals surface area contributed by atoms with Crippen LogP contribution in [0.5, 0.6) is 5.75 Å². The summed E-state index contributed by atoms with van der Waals surface area (Å²) in [4.78, 5) is 36.6. The van der Waals surface area contributed by atoms with Crippen molar-refractivity contribution in [1.82, 2.24) is 0 Å². The summed E-state index contributed by atoms with van der Waals surface area (Å²) in [6.07, 6.45) is 1.90. The van der Waals surface area contributed by atoms with Crippen LogP contribution in [0.3, 0.4) is 0 Å². The zero-order chi connectivity index (χ0) is 26.4. The van der Waals surface area contributed by atoms with E-state index in [2.05, 4.69) is 15.4 Å². The molecule has 0 unspecified atom stereocenters. The Morgan fingerprint density at radius 3 is 2.03 bits per heavy atom. The fraction of sp³-hybridized carbons (Fsp3) is 0.370. The van der Waals surface area contributed by atoms with Gasteiger partial charge in [-0.1, -0.05) is 53.7 Å². The van der Waals surface area contributed by atoms with Gasteiger partial charge in [0.1, 0.15) is 5.75 Å². The first-order valence-electron chi connectivity index (χ1n) is 11.1. The molecule has 2 aromatic rings. The molecule has 1 amide bonds. The Labute approximate surface area is 206 Å². The molecular weight excluding hydrogens is 448 g/mol. The highest BCUT2D eigenvalue weighted by atomic mass is 16.7. The van der Waals surface area contributed by atoms with Crippen molar-refractivity contribution in [2.45, 2.75) is 52.4 Å². The summed E-state index contributed by atoms with van der Waals surface area (Å²) >= 11 is 0. The number of anilines is 2. The molecule has 0 bridgehead atoms. The molecule has 2 rings (SSSR count). The molecule has 0 fully saturated rings. The summed E-state index contributed by atoms with van der Waals surface area (Å²) in [6.45, 7) is 12.1. The lowest BCUT2D eigenvalue weighted by molar-refractivity contribution is -0.111. The number of carbonyl (C=O) groups is 3. The molecule has 8 heteroatoms. The summed E-state index contributed by atoms with van der Waals surface area (Å²) in [6, 6.07) is 10.4. The molecule has 0 atom stereocenters. The first kappa shape index (κ1) is 27.4. The molecule has 8 nitrogen and oxygen atoms in total. The van der Waals surface area contributed by atoms with Gasteiger partial charge in [-0.2, -0.15) is 0 Å². The van der Waals surface area contributed by atoms with Crippen molar-refractivity contribution in [2.75, 3.05) is 24.9 Å². The number of hydrogen-bond donors (Lipinski definition) is 2. The Kier molecular flexibility index (Phi) is 8.68. The number of methoxy groups -OCH3 is 2. The maximum absolute atomic E-state index is 12.8. The van der Waals surface area contributed by atoms with Crippen LogP contribution in [0, 0.1) is 0 Å². The molecule has 188 valence electrons. The van der Waals surface area contributed by atoms with Crippen molar-refractivity contribution in [1.29, 1.82) is 0 Å². The van der Waals surface area contributed by atoms with Crippen LogP contribution in [0.25, 0.3) is 0 Å². The second-order valence-corrected chi connectivity index (χ2v) is 9.95. The first-order valence-corrected chi connectivity index (χ1v) is 11.1. The maximum Gasteiger partial charge on any atom is 0.513 e. The minimum Gasteiger partial charge on any atom is -0.465 e. The molecule has 0 spiro atoms. The van der Waals surface area contributed by atoms with Crippen molar-refractivity contribution in [2.24, 2.45) is 0 Å². The highest BCUT2D eigenvalue weighted by Gasteiger charge is 2.27. The number of benzene rings is 2. The summed E-state index contributed by atoms with van der Waals surface area (Å²) in [5, 5.41) is 5.81. The van der Waals surface area contributed by atoms with Crippen molar-refractivity contribution < 1.29 is 28.6 Å². The fourth-order valence-corrected chi connectivity index (χ4v) is 3.38. The van der Waals surface area contributed by atoms with Crippen LogP contribution in [0.4, 0.5) is 16.2 Å². The maximum atomic E-state index is 12.8. The first-order chi connectivity index (χ1) is 16.3. The van der Waals surface area contributed by atoms with Crippen LogP contribution >= 0.6 is 0 Å². The minimum absolute atomic E-state index is 0.307. The van der Waals surface area contributed by atoms with E-state index in [9.17, 15) is 14.4 Å². The Bertz CT molecular complexity index is 1120. The Morgan fingerprint density at radius 2 is 1.46 bits per heavy atom. The molecule has 0 radical (unpaired) electrons. The van der Waals surface area contributed by atoms with E-state index in [0.717, 1.165) is 11.1 Å². The molecule has 0 heterocycles. The highest BCUT2D eigenvalue weighted by Crippen LogP contribution is 2.40. The average molecular weight is 483 g/mol. The zero-order valence-corrected chi connectivity index (χ0v) is 21.6. The lowest BCUT2D eigenvalue weighted by Crippen LogP contribution is -2.22. The number of amides is 1. The van der Waals surface area contributed by atoms with Gasteiger partial charge in [-0.05, 0) is 34.6 Å². The van der Waals surface area contributed by atoms with Gasteiger partial charge in [0, 0.05) is 29.6 Å². The molecule has 2 N–H and O–H groups in total. The van der Waals surface area contributed by atoms with Crippen LogP contribution in [0.15, 0.2) is 48.7 Å². The lowest BCUT2D eigenvalue weighted by Gasteiger charge is -2.29. The van der Waals surface area contributed by atoms with E-state index in [0.29, 0.717) is 22.7 Å². The molecular formula is C27H34N2O6. The predicted octanol–water partition coefficient (Wildman–Crippen LogP) is 5.78. The van der Waals surface area contributed by atoms with E-state index in [1.54, 1.807) is 30.3 Å². The molecule has 0 aromatic heterocycles. The van der Waals surface area contributed by atoms with Gasteiger partial charge in [0.25, 0.3) is 0 Å². The van der Waals surface area contributed by atoms with Crippen LogP contribution < -0.4 is 15.4 Å². The van der Waals surface area contributed by atoms with Gasteiger partial charge in [-0.15, -0.1) is 0 Å². The summed E-state index contributed by atoms with van der Waals surface area (Å²) in [7, 11) is 2.54. The van der Waals surface area contributed by atoms with Crippen molar-refractivity contribution >= 4 is 29.4 Å². The van der Waals surface area contributed by atoms with Gasteiger partial charge >= 0.3 is 12.1 Å². The van der Waals surface area contributed by atoms with Gasteiger partial charge in [0.05, 0.1) is 25.5 Å². The number of ether oxygens (including phenoxy) is 3. The second-order valence-electron chi connectivity index (χ2n) is 9.95. The minimum atomic E-state index is -0.843. The van der Waals surface area contributed by atoms with E-state index in [4.69, 9.17) is 9.47 Å². The Balaban J connectivity index is 2.37.